The molecule has 0 aromatic heterocycles. The van der Waals surface area contributed by atoms with E-state index in [4.69, 9.17) is 9.47 Å². The van der Waals surface area contributed by atoms with Crippen molar-refractivity contribution in [2.45, 2.75) is 13.8 Å². The Morgan fingerprint density at radius 1 is 0.800 bits per heavy atom. The van der Waals surface area contributed by atoms with Gasteiger partial charge in [-0.15, -0.1) is 0 Å². The standard InChI is InChI=1S/C16H14O4/c1-11(17)19-14-9-7-13(8-10-14)15-5-3-4-6-16(15)20-12(2)18/h3-10H,1-2H3. The maximum absolute atomic E-state index is 11.1. The second kappa shape index (κ2) is 6.02. The second-order valence-corrected chi connectivity index (χ2v) is 4.21. The monoisotopic (exact) mass is 270 g/mol. The van der Waals surface area contributed by atoms with Crippen molar-refractivity contribution in [3.8, 4) is 22.6 Å². The SMILES string of the molecule is CC(=O)Oc1ccc(-c2ccccc2OC(C)=O)cc1. The summed E-state index contributed by atoms with van der Waals surface area (Å²) in [6.45, 7) is 2.71. The minimum absolute atomic E-state index is 0.363. The maximum Gasteiger partial charge on any atom is 0.308 e. The van der Waals surface area contributed by atoms with Crippen molar-refractivity contribution in [3.63, 3.8) is 0 Å². The van der Waals surface area contributed by atoms with Crippen LogP contribution in [0.15, 0.2) is 48.5 Å². The van der Waals surface area contributed by atoms with Gasteiger partial charge >= 0.3 is 11.9 Å². The van der Waals surface area contributed by atoms with E-state index in [0.717, 1.165) is 11.1 Å². The van der Waals surface area contributed by atoms with Gasteiger partial charge in [0.1, 0.15) is 11.5 Å². The lowest BCUT2D eigenvalue weighted by Crippen LogP contribution is -2.02. The lowest BCUT2D eigenvalue weighted by molar-refractivity contribution is -0.132. The molecule has 0 radical (unpaired) electrons. The van der Waals surface area contributed by atoms with Crippen LogP contribution in [0.5, 0.6) is 11.5 Å². The summed E-state index contributed by atoms with van der Waals surface area (Å²) in [4.78, 5) is 22.0. The van der Waals surface area contributed by atoms with Crippen LogP contribution in [0.3, 0.4) is 0 Å². The van der Waals surface area contributed by atoms with Gasteiger partial charge < -0.3 is 9.47 Å². The molecule has 2 aromatic rings. The highest BCUT2D eigenvalue weighted by molar-refractivity contribution is 5.77. The van der Waals surface area contributed by atoms with Crippen LogP contribution in [0.4, 0.5) is 0 Å². The molecule has 0 bridgehead atoms. The molecule has 0 fully saturated rings. The quantitative estimate of drug-likeness (QED) is 0.635. The summed E-state index contributed by atoms with van der Waals surface area (Å²) in [7, 11) is 0. The van der Waals surface area contributed by atoms with Gasteiger partial charge in [-0.25, -0.2) is 0 Å². The Morgan fingerprint density at radius 2 is 1.40 bits per heavy atom. The molecule has 0 unspecified atom stereocenters. The van der Waals surface area contributed by atoms with E-state index < -0.39 is 0 Å². The van der Waals surface area contributed by atoms with Crippen LogP contribution < -0.4 is 9.47 Å². The third-order valence-corrected chi connectivity index (χ3v) is 2.57. The molecule has 0 atom stereocenters. The van der Waals surface area contributed by atoms with Crippen LogP contribution in [0.1, 0.15) is 13.8 Å². The van der Waals surface area contributed by atoms with Gasteiger partial charge in [0, 0.05) is 19.4 Å². The van der Waals surface area contributed by atoms with Crippen LogP contribution in [0.2, 0.25) is 0 Å². The third kappa shape index (κ3) is 3.45. The fraction of sp³-hybridized carbons (Fsp3) is 0.125. The third-order valence-electron chi connectivity index (χ3n) is 2.57. The highest BCUT2D eigenvalue weighted by Gasteiger charge is 2.08. The fourth-order valence-corrected chi connectivity index (χ4v) is 1.82. The molecule has 0 aliphatic rings. The van der Waals surface area contributed by atoms with Crippen LogP contribution >= 0.6 is 0 Å². The maximum atomic E-state index is 11.1. The average molecular weight is 270 g/mol. The molecule has 2 aromatic carbocycles. The highest BCUT2D eigenvalue weighted by atomic mass is 16.5. The van der Waals surface area contributed by atoms with E-state index in [-0.39, 0.29) is 11.9 Å². The van der Waals surface area contributed by atoms with E-state index in [2.05, 4.69) is 0 Å². The van der Waals surface area contributed by atoms with Gasteiger partial charge in [-0.2, -0.15) is 0 Å². The molecule has 4 heteroatoms. The van der Waals surface area contributed by atoms with E-state index >= 15 is 0 Å². The molecule has 0 heterocycles. The largest absolute Gasteiger partial charge is 0.427 e. The number of benzene rings is 2. The molecule has 0 aliphatic carbocycles. The van der Waals surface area contributed by atoms with Gasteiger partial charge in [0.15, 0.2) is 0 Å². The number of hydrogen-bond donors (Lipinski definition) is 0. The number of carbonyl (C=O) groups is 2. The van der Waals surface area contributed by atoms with E-state index in [9.17, 15) is 9.59 Å². The molecule has 0 spiro atoms. The lowest BCUT2D eigenvalue weighted by Gasteiger charge is -2.09. The molecule has 2 rings (SSSR count). The first-order chi connectivity index (χ1) is 9.56. The predicted molar refractivity (Wildman–Crippen MR) is 74.5 cm³/mol. The summed E-state index contributed by atoms with van der Waals surface area (Å²) in [6.07, 6.45) is 0. The first-order valence-corrected chi connectivity index (χ1v) is 6.12. The zero-order chi connectivity index (χ0) is 14.5. The Hall–Kier alpha value is -2.62. The topological polar surface area (TPSA) is 52.6 Å². The molecule has 0 saturated carbocycles. The van der Waals surface area contributed by atoms with Gasteiger partial charge in [-0.3, -0.25) is 9.59 Å². The van der Waals surface area contributed by atoms with Crippen molar-refractivity contribution in [3.05, 3.63) is 48.5 Å². The Bertz CT molecular complexity index is 629. The summed E-state index contributed by atoms with van der Waals surface area (Å²) in [6, 6.07) is 14.3. The van der Waals surface area contributed by atoms with Gasteiger partial charge in [0.25, 0.3) is 0 Å². The summed E-state index contributed by atoms with van der Waals surface area (Å²) in [5.41, 5.74) is 1.68. The minimum atomic E-state index is -0.367. The summed E-state index contributed by atoms with van der Waals surface area (Å²) in [5.74, 6) is 0.249. The number of esters is 2. The first-order valence-electron chi connectivity index (χ1n) is 6.12. The normalized spacial score (nSPS) is 9.90. The molecule has 20 heavy (non-hydrogen) atoms. The van der Waals surface area contributed by atoms with Gasteiger partial charge in [-0.1, -0.05) is 30.3 Å². The Labute approximate surface area is 116 Å². The molecule has 0 amide bonds. The van der Waals surface area contributed by atoms with E-state index in [1.165, 1.54) is 13.8 Å². The summed E-state index contributed by atoms with van der Waals surface area (Å²) >= 11 is 0. The number of ether oxygens (including phenoxy) is 2. The van der Waals surface area contributed by atoms with Crippen LogP contribution in [0, 0.1) is 0 Å². The van der Waals surface area contributed by atoms with E-state index in [1.807, 2.05) is 12.1 Å². The Morgan fingerprint density at radius 3 is 2.00 bits per heavy atom. The van der Waals surface area contributed by atoms with Crippen molar-refractivity contribution >= 4 is 11.9 Å². The highest BCUT2D eigenvalue weighted by Crippen LogP contribution is 2.31. The zero-order valence-corrected chi connectivity index (χ0v) is 11.3. The predicted octanol–water partition coefficient (Wildman–Crippen LogP) is 3.20. The molecular formula is C16H14O4. The summed E-state index contributed by atoms with van der Waals surface area (Å²) < 4.78 is 10.1. The lowest BCUT2D eigenvalue weighted by atomic mass is 10.0. The van der Waals surface area contributed by atoms with E-state index in [1.54, 1.807) is 36.4 Å². The minimum Gasteiger partial charge on any atom is -0.427 e. The van der Waals surface area contributed by atoms with Crippen LogP contribution in [-0.2, 0) is 9.59 Å². The van der Waals surface area contributed by atoms with E-state index in [0.29, 0.717) is 11.5 Å². The molecule has 0 aliphatic heterocycles. The van der Waals surface area contributed by atoms with Crippen molar-refractivity contribution in [2.24, 2.45) is 0 Å². The average Bonchev–Trinajstić information content (AvgIpc) is 2.39. The van der Waals surface area contributed by atoms with Crippen molar-refractivity contribution in [2.75, 3.05) is 0 Å². The molecular weight excluding hydrogens is 256 g/mol. The smallest absolute Gasteiger partial charge is 0.308 e. The van der Waals surface area contributed by atoms with Crippen molar-refractivity contribution in [1.82, 2.24) is 0 Å². The van der Waals surface area contributed by atoms with Crippen LogP contribution in [0.25, 0.3) is 11.1 Å². The van der Waals surface area contributed by atoms with Gasteiger partial charge in [0.05, 0.1) is 0 Å². The fourth-order valence-electron chi connectivity index (χ4n) is 1.82. The second-order valence-electron chi connectivity index (χ2n) is 4.21. The molecule has 102 valence electrons. The Kier molecular flexibility index (Phi) is 4.15. The summed E-state index contributed by atoms with van der Waals surface area (Å²) in [5, 5.41) is 0. The van der Waals surface area contributed by atoms with Crippen molar-refractivity contribution in [1.29, 1.82) is 0 Å². The van der Waals surface area contributed by atoms with Gasteiger partial charge in [0.2, 0.25) is 0 Å². The number of rotatable bonds is 3. The van der Waals surface area contributed by atoms with Gasteiger partial charge in [-0.05, 0) is 23.8 Å². The molecule has 0 N–H and O–H groups in total. The first kappa shape index (κ1) is 13.8. The number of hydrogen-bond acceptors (Lipinski definition) is 4. The molecule has 0 saturated heterocycles. The molecule has 4 nitrogen and oxygen atoms in total. The number of para-hydroxylation sites is 1. The number of carbonyl (C=O) groups excluding carboxylic acids is 2. The zero-order valence-electron chi connectivity index (χ0n) is 11.3. The Balaban J connectivity index is 2.31. The van der Waals surface area contributed by atoms with Crippen LogP contribution in [-0.4, -0.2) is 11.9 Å². The van der Waals surface area contributed by atoms with Crippen molar-refractivity contribution < 1.29 is 19.1 Å².